The molecular weight excluding hydrogens is 256 g/mol. The predicted octanol–water partition coefficient (Wildman–Crippen LogP) is 1.67. The smallest absolute Gasteiger partial charge is 0.308 e. The van der Waals surface area contributed by atoms with Crippen molar-refractivity contribution in [1.29, 1.82) is 0 Å². The minimum absolute atomic E-state index is 0.00403. The maximum absolute atomic E-state index is 12.6. The van der Waals surface area contributed by atoms with Gasteiger partial charge in [-0.3, -0.25) is 9.59 Å². The minimum Gasteiger partial charge on any atom is -0.481 e. The van der Waals surface area contributed by atoms with Gasteiger partial charge < -0.3 is 15.7 Å². The Morgan fingerprint density at radius 1 is 1.25 bits per heavy atom. The molecule has 3 atom stereocenters. The highest BCUT2D eigenvalue weighted by Crippen LogP contribution is 2.27. The number of rotatable bonds is 4. The summed E-state index contributed by atoms with van der Waals surface area (Å²) in [5, 5.41) is 15.7. The van der Waals surface area contributed by atoms with Crippen LogP contribution in [-0.2, 0) is 9.59 Å². The summed E-state index contributed by atoms with van der Waals surface area (Å²) in [4.78, 5) is 24.0. The molecule has 5 nitrogen and oxygen atoms in total. The normalized spacial score (nSPS) is 34.5. The molecule has 1 aliphatic carbocycles. The van der Waals surface area contributed by atoms with Crippen molar-refractivity contribution in [2.24, 2.45) is 5.92 Å². The van der Waals surface area contributed by atoms with Crippen molar-refractivity contribution in [3.8, 4) is 0 Å². The molecule has 0 radical (unpaired) electrons. The van der Waals surface area contributed by atoms with Gasteiger partial charge in [0.25, 0.3) is 0 Å². The van der Waals surface area contributed by atoms with E-state index in [1.165, 1.54) is 0 Å². The second-order valence-corrected chi connectivity index (χ2v) is 6.13. The Bertz CT molecular complexity index is 364. The summed E-state index contributed by atoms with van der Waals surface area (Å²) in [6.45, 7) is 2.88. The summed E-state index contributed by atoms with van der Waals surface area (Å²) in [6.07, 6.45) is 7.07. The molecule has 1 saturated carbocycles. The summed E-state index contributed by atoms with van der Waals surface area (Å²) in [7, 11) is 0. The zero-order valence-corrected chi connectivity index (χ0v) is 12.3. The van der Waals surface area contributed by atoms with E-state index in [2.05, 4.69) is 10.6 Å². The number of carboxylic acids is 1. The molecule has 2 rings (SSSR count). The lowest BCUT2D eigenvalue weighted by Crippen LogP contribution is -2.57. The van der Waals surface area contributed by atoms with Gasteiger partial charge in [0, 0.05) is 6.04 Å². The quantitative estimate of drug-likeness (QED) is 0.685. The Morgan fingerprint density at radius 2 is 2.00 bits per heavy atom. The fourth-order valence-electron chi connectivity index (χ4n) is 3.54. The number of amides is 1. The van der Waals surface area contributed by atoms with E-state index in [9.17, 15) is 14.7 Å². The van der Waals surface area contributed by atoms with Gasteiger partial charge in [-0.05, 0) is 38.6 Å². The van der Waals surface area contributed by atoms with Gasteiger partial charge in [0.05, 0.1) is 11.5 Å². The molecule has 5 heteroatoms. The van der Waals surface area contributed by atoms with Crippen molar-refractivity contribution in [3.05, 3.63) is 0 Å². The van der Waals surface area contributed by atoms with Crippen LogP contribution in [0.15, 0.2) is 0 Å². The highest BCUT2D eigenvalue weighted by Gasteiger charge is 2.41. The van der Waals surface area contributed by atoms with E-state index in [1.807, 2.05) is 6.92 Å². The zero-order valence-electron chi connectivity index (χ0n) is 12.3. The first-order valence-corrected chi connectivity index (χ1v) is 7.88. The van der Waals surface area contributed by atoms with Crippen LogP contribution in [0.3, 0.4) is 0 Å². The van der Waals surface area contributed by atoms with Crippen molar-refractivity contribution in [1.82, 2.24) is 10.6 Å². The van der Waals surface area contributed by atoms with Crippen LogP contribution in [0.25, 0.3) is 0 Å². The van der Waals surface area contributed by atoms with Gasteiger partial charge in [0.2, 0.25) is 5.91 Å². The molecule has 3 unspecified atom stereocenters. The van der Waals surface area contributed by atoms with Gasteiger partial charge in [-0.25, -0.2) is 0 Å². The van der Waals surface area contributed by atoms with E-state index in [0.717, 1.165) is 51.5 Å². The molecule has 3 N–H and O–H groups in total. The molecule has 0 spiro atoms. The first-order chi connectivity index (χ1) is 9.59. The van der Waals surface area contributed by atoms with Crippen LogP contribution in [0.1, 0.15) is 58.3 Å². The third kappa shape index (κ3) is 3.14. The summed E-state index contributed by atoms with van der Waals surface area (Å²) in [6, 6.07) is -0.215. The van der Waals surface area contributed by atoms with Crippen LogP contribution < -0.4 is 10.6 Å². The van der Waals surface area contributed by atoms with Gasteiger partial charge in [-0.1, -0.05) is 26.2 Å². The number of carbonyl (C=O) groups is 2. The monoisotopic (exact) mass is 282 g/mol. The van der Waals surface area contributed by atoms with Crippen LogP contribution in [0.5, 0.6) is 0 Å². The fourth-order valence-corrected chi connectivity index (χ4v) is 3.54. The first-order valence-electron chi connectivity index (χ1n) is 7.88. The van der Waals surface area contributed by atoms with Crippen LogP contribution in [-0.4, -0.2) is 35.1 Å². The molecule has 1 heterocycles. The highest BCUT2D eigenvalue weighted by molar-refractivity contribution is 5.87. The van der Waals surface area contributed by atoms with E-state index in [1.54, 1.807) is 0 Å². The Balaban J connectivity index is 2.05. The summed E-state index contributed by atoms with van der Waals surface area (Å²) >= 11 is 0. The number of carbonyl (C=O) groups excluding carboxylic acids is 1. The first kappa shape index (κ1) is 15.3. The summed E-state index contributed by atoms with van der Waals surface area (Å²) < 4.78 is 0. The molecule has 0 aromatic heterocycles. The van der Waals surface area contributed by atoms with Crippen molar-refractivity contribution < 1.29 is 14.7 Å². The number of aliphatic carboxylic acids is 1. The van der Waals surface area contributed by atoms with Gasteiger partial charge in [-0.15, -0.1) is 0 Å². The Labute approximate surface area is 120 Å². The van der Waals surface area contributed by atoms with Crippen molar-refractivity contribution in [2.75, 3.05) is 6.54 Å². The van der Waals surface area contributed by atoms with Crippen LogP contribution >= 0.6 is 0 Å². The Hall–Kier alpha value is -1.10. The van der Waals surface area contributed by atoms with Crippen LogP contribution in [0.4, 0.5) is 0 Å². The lowest BCUT2D eigenvalue weighted by molar-refractivity contribution is -0.143. The van der Waals surface area contributed by atoms with E-state index in [4.69, 9.17) is 0 Å². The van der Waals surface area contributed by atoms with E-state index in [-0.39, 0.29) is 11.9 Å². The minimum atomic E-state index is -0.776. The van der Waals surface area contributed by atoms with Gasteiger partial charge in [0.15, 0.2) is 0 Å². The average Bonchev–Trinajstić information content (AvgIpc) is 2.80. The second-order valence-electron chi connectivity index (χ2n) is 6.13. The Kier molecular flexibility index (Phi) is 5.02. The summed E-state index contributed by atoms with van der Waals surface area (Å²) in [5.74, 6) is -1.21. The van der Waals surface area contributed by atoms with E-state index < -0.39 is 17.4 Å². The largest absolute Gasteiger partial charge is 0.481 e. The standard InChI is InChI=1S/C15H26N2O3/c1-2-15(9-6-10-16-15)14(20)17-12-8-5-3-4-7-11(12)13(18)19/h11-12,16H,2-10H2,1H3,(H,17,20)(H,18,19). The molecular formula is C15H26N2O3. The lowest BCUT2D eigenvalue weighted by atomic mass is 9.90. The number of hydrogen-bond acceptors (Lipinski definition) is 3. The molecule has 20 heavy (non-hydrogen) atoms. The van der Waals surface area contributed by atoms with Gasteiger partial charge >= 0.3 is 5.97 Å². The maximum Gasteiger partial charge on any atom is 0.308 e. The zero-order chi connectivity index (χ0) is 14.6. The highest BCUT2D eigenvalue weighted by atomic mass is 16.4. The molecule has 1 aliphatic heterocycles. The van der Waals surface area contributed by atoms with E-state index in [0.29, 0.717) is 6.42 Å². The number of hydrogen-bond donors (Lipinski definition) is 3. The van der Waals surface area contributed by atoms with Crippen LogP contribution in [0, 0.1) is 5.92 Å². The molecule has 2 aliphatic rings. The average molecular weight is 282 g/mol. The number of carboxylic acid groups (broad SMARTS) is 1. The number of nitrogens with one attached hydrogen (secondary N) is 2. The molecule has 0 bridgehead atoms. The van der Waals surface area contributed by atoms with Crippen LogP contribution in [0.2, 0.25) is 0 Å². The van der Waals surface area contributed by atoms with Gasteiger partial charge in [-0.2, -0.15) is 0 Å². The lowest BCUT2D eigenvalue weighted by Gasteiger charge is -2.31. The summed E-state index contributed by atoms with van der Waals surface area (Å²) in [5.41, 5.74) is -0.477. The third-order valence-electron chi connectivity index (χ3n) is 4.93. The van der Waals surface area contributed by atoms with E-state index >= 15 is 0 Å². The van der Waals surface area contributed by atoms with Crippen molar-refractivity contribution >= 4 is 11.9 Å². The SMILES string of the molecule is CCC1(C(=O)NC2CCCCCC2C(=O)O)CCCN1. The third-order valence-corrected chi connectivity index (χ3v) is 4.93. The van der Waals surface area contributed by atoms with Gasteiger partial charge in [0.1, 0.15) is 0 Å². The molecule has 114 valence electrons. The molecule has 0 aromatic carbocycles. The predicted molar refractivity (Wildman–Crippen MR) is 76.4 cm³/mol. The Morgan fingerprint density at radius 3 is 2.60 bits per heavy atom. The molecule has 1 amide bonds. The second kappa shape index (κ2) is 6.57. The molecule has 1 saturated heterocycles. The fraction of sp³-hybridized carbons (Fsp3) is 0.867. The molecule has 2 fully saturated rings. The molecule has 0 aromatic rings. The van der Waals surface area contributed by atoms with Crippen molar-refractivity contribution in [3.63, 3.8) is 0 Å². The maximum atomic E-state index is 12.6. The van der Waals surface area contributed by atoms with Crippen molar-refractivity contribution in [2.45, 2.75) is 69.9 Å². The topological polar surface area (TPSA) is 78.4 Å².